The van der Waals surface area contributed by atoms with Gasteiger partial charge in [0, 0.05) is 6.92 Å². The van der Waals surface area contributed by atoms with Crippen molar-refractivity contribution in [3.05, 3.63) is 42.2 Å². The van der Waals surface area contributed by atoms with Crippen molar-refractivity contribution in [1.29, 1.82) is 0 Å². The van der Waals surface area contributed by atoms with Crippen LogP contribution in [0.5, 0.6) is 0 Å². The van der Waals surface area contributed by atoms with Gasteiger partial charge in [-0.2, -0.15) is 0 Å². The van der Waals surface area contributed by atoms with Crippen molar-refractivity contribution in [2.75, 3.05) is 0 Å². The third-order valence-corrected chi connectivity index (χ3v) is 1.29. The first-order valence-corrected chi connectivity index (χ1v) is 5.63. The van der Waals surface area contributed by atoms with E-state index in [1.165, 1.54) is 13.2 Å². The molecule has 2 N–H and O–H groups in total. The molecule has 6 heteroatoms. The van der Waals surface area contributed by atoms with Crippen LogP contribution < -0.4 is 0 Å². The van der Waals surface area contributed by atoms with Crippen LogP contribution in [0.15, 0.2) is 36.6 Å². The van der Waals surface area contributed by atoms with Crippen LogP contribution in [-0.2, 0) is 14.1 Å². The summed E-state index contributed by atoms with van der Waals surface area (Å²) >= 11 is 0. The molecule has 0 aliphatic rings. The lowest BCUT2D eigenvalue weighted by molar-refractivity contribution is -0.135. The minimum atomic E-state index is -3.13. The van der Waals surface area contributed by atoms with Gasteiger partial charge < -0.3 is 14.5 Å². The van der Waals surface area contributed by atoms with Crippen molar-refractivity contribution in [2.45, 2.75) is 6.92 Å². The van der Waals surface area contributed by atoms with Crippen LogP contribution in [0, 0.1) is 0 Å². The fourth-order valence-corrected chi connectivity index (χ4v) is 0.773. The van der Waals surface area contributed by atoms with Crippen LogP contribution in [0.1, 0.15) is 12.5 Å². The highest BCUT2D eigenvalue weighted by Gasteiger charge is 1.85. The average Bonchev–Trinajstić information content (AvgIpc) is 2.18. The van der Waals surface area contributed by atoms with Crippen molar-refractivity contribution in [3.8, 4) is 0 Å². The van der Waals surface area contributed by atoms with E-state index in [0.717, 1.165) is 5.56 Å². The van der Waals surface area contributed by atoms with E-state index in [1.807, 2.05) is 30.3 Å². The Morgan fingerprint density at radius 2 is 1.81 bits per heavy atom. The first-order valence-electron chi connectivity index (χ1n) is 4.33. The monoisotopic (exact) mass is 244 g/mol. The van der Waals surface area contributed by atoms with E-state index in [4.69, 9.17) is 14.4 Å². The minimum Gasteiger partial charge on any atom is -0.435 e. The molecular weight excluding hydrogens is 231 g/mol. The van der Waals surface area contributed by atoms with E-state index in [-0.39, 0.29) is 5.97 Å². The van der Waals surface area contributed by atoms with Gasteiger partial charge in [0.15, 0.2) is 0 Å². The van der Waals surface area contributed by atoms with Crippen LogP contribution in [-0.4, -0.2) is 15.8 Å². The lowest BCUT2D eigenvalue weighted by atomic mass is 10.2. The summed E-state index contributed by atoms with van der Waals surface area (Å²) in [5.74, 6) is -0.304. The molecule has 5 nitrogen and oxygen atoms in total. The standard InChI is InChI=1S/C10H10O2.H3O3P/c1-9(11)12-8-7-10-5-3-2-4-6-10;1-4(2)3/h2-8H,1H3;4H,(H2,1,2,3). The lowest BCUT2D eigenvalue weighted by Crippen LogP contribution is -1.88. The molecule has 0 atom stereocenters. The predicted molar refractivity (Wildman–Crippen MR) is 60.7 cm³/mol. The number of ether oxygens (including phenoxy) is 1. The van der Waals surface area contributed by atoms with Crippen LogP contribution >= 0.6 is 8.25 Å². The van der Waals surface area contributed by atoms with Gasteiger partial charge in [0.2, 0.25) is 0 Å². The Kier molecular flexibility index (Phi) is 8.07. The van der Waals surface area contributed by atoms with Gasteiger partial charge in [0.1, 0.15) is 0 Å². The predicted octanol–water partition coefficient (Wildman–Crippen LogP) is 1.58. The normalized spacial score (nSPS) is 9.75. The molecular formula is C10H13O5P. The van der Waals surface area contributed by atoms with Crippen LogP contribution in [0.2, 0.25) is 0 Å². The van der Waals surface area contributed by atoms with E-state index in [9.17, 15) is 4.79 Å². The van der Waals surface area contributed by atoms with Crippen molar-refractivity contribution >= 4 is 20.3 Å². The van der Waals surface area contributed by atoms with E-state index >= 15 is 0 Å². The molecule has 0 heterocycles. The highest BCUT2D eigenvalue weighted by molar-refractivity contribution is 7.30. The molecule has 0 saturated carbocycles. The Balaban J connectivity index is 0.000000487. The topological polar surface area (TPSA) is 83.8 Å². The van der Waals surface area contributed by atoms with Gasteiger partial charge in [-0.1, -0.05) is 30.3 Å². The SMILES string of the molecule is CC(=O)OC=Cc1ccccc1.O=[PH](O)O. The van der Waals surface area contributed by atoms with E-state index in [2.05, 4.69) is 4.74 Å². The average molecular weight is 244 g/mol. The van der Waals surface area contributed by atoms with Crippen molar-refractivity contribution in [2.24, 2.45) is 0 Å². The number of carbonyl (C=O) groups excluding carboxylic acids is 1. The largest absolute Gasteiger partial charge is 0.435 e. The van der Waals surface area contributed by atoms with Crippen LogP contribution in [0.4, 0.5) is 0 Å². The fraction of sp³-hybridized carbons (Fsp3) is 0.100. The highest BCUT2D eigenvalue weighted by Crippen LogP contribution is 2.00. The summed E-state index contributed by atoms with van der Waals surface area (Å²) in [5.41, 5.74) is 1.01. The summed E-state index contributed by atoms with van der Waals surface area (Å²) in [5, 5.41) is 0. The molecule has 0 aromatic heterocycles. The smallest absolute Gasteiger partial charge is 0.314 e. The summed E-state index contributed by atoms with van der Waals surface area (Å²) in [6, 6.07) is 9.64. The Bertz CT molecular complexity index is 357. The molecule has 88 valence electrons. The maximum absolute atomic E-state index is 10.4. The molecule has 0 aliphatic carbocycles. The maximum Gasteiger partial charge on any atom is 0.314 e. The molecule has 0 aliphatic heterocycles. The second-order valence-corrected chi connectivity index (χ2v) is 3.17. The molecule has 0 saturated heterocycles. The van der Waals surface area contributed by atoms with Crippen LogP contribution in [0.3, 0.4) is 0 Å². The second-order valence-electron chi connectivity index (χ2n) is 2.61. The summed E-state index contributed by atoms with van der Waals surface area (Å²) in [6.45, 7) is 1.37. The third-order valence-electron chi connectivity index (χ3n) is 1.29. The number of hydrogen-bond donors (Lipinski definition) is 2. The van der Waals surface area contributed by atoms with Gasteiger partial charge in [0.05, 0.1) is 6.26 Å². The van der Waals surface area contributed by atoms with Gasteiger partial charge in [-0.05, 0) is 11.6 Å². The first kappa shape index (κ1) is 14.6. The van der Waals surface area contributed by atoms with Gasteiger partial charge in [-0.15, -0.1) is 0 Å². The Morgan fingerprint density at radius 1 is 1.31 bits per heavy atom. The molecule has 1 rings (SSSR count). The third kappa shape index (κ3) is 10.7. The second kappa shape index (κ2) is 8.85. The Morgan fingerprint density at radius 3 is 2.25 bits per heavy atom. The summed E-state index contributed by atoms with van der Waals surface area (Å²) in [7, 11) is -3.13. The Hall–Kier alpha value is -1.42. The van der Waals surface area contributed by atoms with E-state index < -0.39 is 8.25 Å². The number of rotatable bonds is 2. The summed E-state index contributed by atoms with van der Waals surface area (Å²) in [4.78, 5) is 24.7. The van der Waals surface area contributed by atoms with Crippen LogP contribution in [0.25, 0.3) is 6.08 Å². The maximum atomic E-state index is 10.4. The zero-order valence-electron chi connectivity index (χ0n) is 8.66. The highest BCUT2D eigenvalue weighted by atomic mass is 31.1. The van der Waals surface area contributed by atoms with Crippen molar-refractivity contribution in [3.63, 3.8) is 0 Å². The van der Waals surface area contributed by atoms with Crippen molar-refractivity contribution in [1.82, 2.24) is 0 Å². The molecule has 0 spiro atoms. The van der Waals surface area contributed by atoms with Crippen molar-refractivity contribution < 1.29 is 23.9 Å². The van der Waals surface area contributed by atoms with Gasteiger partial charge in [-0.25, -0.2) is 0 Å². The van der Waals surface area contributed by atoms with E-state index in [0.29, 0.717) is 0 Å². The molecule has 16 heavy (non-hydrogen) atoms. The number of esters is 1. The first-order chi connectivity index (χ1) is 7.52. The molecule has 0 amide bonds. The minimum absolute atomic E-state index is 0.304. The number of hydrogen-bond acceptors (Lipinski definition) is 3. The quantitative estimate of drug-likeness (QED) is 0.468. The molecule has 1 aromatic carbocycles. The summed E-state index contributed by atoms with van der Waals surface area (Å²) in [6.07, 6.45) is 3.12. The Labute approximate surface area is 93.9 Å². The zero-order valence-corrected chi connectivity index (χ0v) is 9.66. The lowest BCUT2D eigenvalue weighted by Gasteiger charge is -1.91. The number of carbonyl (C=O) groups is 1. The van der Waals surface area contributed by atoms with Gasteiger partial charge in [-0.3, -0.25) is 9.36 Å². The zero-order chi connectivity index (χ0) is 12.4. The molecule has 0 unspecified atom stereocenters. The molecule has 0 radical (unpaired) electrons. The fourth-order valence-electron chi connectivity index (χ4n) is 0.773. The summed E-state index contributed by atoms with van der Waals surface area (Å²) < 4.78 is 13.4. The molecule has 0 bridgehead atoms. The van der Waals surface area contributed by atoms with Gasteiger partial charge in [0.25, 0.3) is 0 Å². The van der Waals surface area contributed by atoms with E-state index in [1.54, 1.807) is 6.08 Å². The molecule has 0 fully saturated rings. The van der Waals surface area contributed by atoms with Gasteiger partial charge >= 0.3 is 14.2 Å². The number of benzene rings is 1. The molecule has 1 aromatic rings.